The van der Waals surface area contributed by atoms with E-state index in [-0.39, 0.29) is 12.5 Å². The maximum atomic E-state index is 12.6. The smallest absolute Gasteiger partial charge is 0.252 e. The van der Waals surface area contributed by atoms with Crippen molar-refractivity contribution in [2.45, 2.75) is 11.1 Å². The van der Waals surface area contributed by atoms with Crippen molar-refractivity contribution in [1.82, 2.24) is 14.2 Å². The summed E-state index contributed by atoms with van der Waals surface area (Å²) in [5, 5.41) is 5.65. The number of anilines is 1. The van der Waals surface area contributed by atoms with Crippen molar-refractivity contribution in [2.24, 2.45) is 0 Å². The van der Waals surface area contributed by atoms with E-state index in [0.717, 1.165) is 26.5 Å². The average Bonchev–Trinajstić information content (AvgIpc) is 3.50. The van der Waals surface area contributed by atoms with Crippen LogP contribution in [0.1, 0.15) is 5.56 Å². The van der Waals surface area contributed by atoms with Gasteiger partial charge in [0.25, 0.3) is 10.0 Å². The van der Waals surface area contributed by atoms with E-state index in [1.165, 1.54) is 21.2 Å². The first-order valence-corrected chi connectivity index (χ1v) is 14.1. The van der Waals surface area contributed by atoms with E-state index < -0.39 is 10.0 Å². The van der Waals surface area contributed by atoms with Crippen LogP contribution in [0.3, 0.4) is 0 Å². The summed E-state index contributed by atoms with van der Waals surface area (Å²) in [4.78, 5) is 19.2. The number of piperazine rings is 1. The van der Waals surface area contributed by atoms with Crippen LogP contribution in [0.15, 0.2) is 64.2 Å². The lowest BCUT2D eigenvalue weighted by molar-refractivity contribution is -0.117. The second-order valence-electron chi connectivity index (χ2n) is 8.23. The Balaban J connectivity index is 1.15. The first-order chi connectivity index (χ1) is 16.4. The molecule has 4 aromatic rings. The molecule has 2 aromatic heterocycles. The lowest BCUT2D eigenvalue weighted by atomic mass is 10.2. The summed E-state index contributed by atoms with van der Waals surface area (Å²) in [5.41, 5.74) is 3.95. The van der Waals surface area contributed by atoms with Crippen molar-refractivity contribution >= 4 is 54.5 Å². The summed E-state index contributed by atoms with van der Waals surface area (Å²) in [7, 11) is -3.44. The molecular formula is C24H24N4O3S3. The molecule has 7 nitrogen and oxygen atoms in total. The van der Waals surface area contributed by atoms with Crippen molar-refractivity contribution in [3.05, 3.63) is 65.5 Å². The van der Waals surface area contributed by atoms with Crippen molar-refractivity contribution in [1.29, 1.82) is 0 Å². The van der Waals surface area contributed by atoms with Gasteiger partial charge in [-0.3, -0.25) is 9.69 Å². The monoisotopic (exact) mass is 512 g/mol. The molecule has 1 aliphatic rings. The summed E-state index contributed by atoms with van der Waals surface area (Å²) in [5.74, 6) is -0.113. The molecule has 0 saturated carbocycles. The van der Waals surface area contributed by atoms with Crippen molar-refractivity contribution < 1.29 is 13.2 Å². The number of sulfonamides is 1. The predicted molar refractivity (Wildman–Crippen MR) is 138 cm³/mol. The topological polar surface area (TPSA) is 82.6 Å². The van der Waals surface area contributed by atoms with Crippen molar-refractivity contribution in [3.8, 4) is 10.6 Å². The molecule has 0 bridgehead atoms. The Bertz CT molecular complexity index is 1410. The molecule has 10 heteroatoms. The molecule has 2 aromatic carbocycles. The number of amides is 1. The van der Waals surface area contributed by atoms with Gasteiger partial charge in [-0.25, -0.2) is 13.4 Å². The number of thiophene rings is 1. The van der Waals surface area contributed by atoms with Crippen LogP contribution in [0.5, 0.6) is 0 Å². The summed E-state index contributed by atoms with van der Waals surface area (Å²) >= 11 is 2.88. The molecule has 1 amide bonds. The Kier molecular flexibility index (Phi) is 6.50. The van der Waals surface area contributed by atoms with Gasteiger partial charge in [-0.05, 0) is 60.3 Å². The molecule has 34 heavy (non-hydrogen) atoms. The molecule has 0 aliphatic carbocycles. The number of fused-ring (bicyclic) bond motifs is 1. The maximum absolute atomic E-state index is 12.6. The van der Waals surface area contributed by atoms with Crippen molar-refractivity contribution in [2.75, 3.05) is 38.0 Å². The lowest BCUT2D eigenvalue weighted by Gasteiger charge is -2.33. The summed E-state index contributed by atoms with van der Waals surface area (Å²) in [6.07, 6.45) is 0. The highest BCUT2D eigenvalue weighted by molar-refractivity contribution is 7.91. The molecule has 5 rings (SSSR count). The minimum Gasteiger partial charge on any atom is -0.325 e. The molecule has 0 radical (unpaired) electrons. The van der Waals surface area contributed by atoms with Gasteiger partial charge in [-0.2, -0.15) is 4.31 Å². The third-order valence-electron chi connectivity index (χ3n) is 5.75. The second kappa shape index (κ2) is 9.55. The van der Waals surface area contributed by atoms with Gasteiger partial charge in [0.2, 0.25) is 5.91 Å². The van der Waals surface area contributed by atoms with Gasteiger partial charge in [0.1, 0.15) is 9.22 Å². The van der Waals surface area contributed by atoms with Crippen LogP contribution in [-0.4, -0.2) is 61.2 Å². The number of carbonyl (C=O) groups is 1. The largest absolute Gasteiger partial charge is 0.325 e. The van der Waals surface area contributed by atoms with Gasteiger partial charge in [-0.1, -0.05) is 12.1 Å². The van der Waals surface area contributed by atoms with Crippen LogP contribution in [0, 0.1) is 6.92 Å². The highest BCUT2D eigenvalue weighted by atomic mass is 32.2. The van der Waals surface area contributed by atoms with E-state index >= 15 is 0 Å². The SMILES string of the molecule is Cc1ccc2nc(-c3ccc(NC(=O)CN4CCN(S(=O)(=O)c5cccs5)CC4)cc3)sc2c1. The Hall–Kier alpha value is -2.63. The second-order valence-corrected chi connectivity index (χ2v) is 12.4. The number of rotatable bonds is 6. The number of aromatic nitrogens is 1. The Morgan fingerprint density at radius 2 is 1.82 bits per heavy atom. The molecule has 1 aliphatic heterocycles. The molecule has 0 unspecified atom stereocenters. The van der Waals surface area contributed by atoms with Crippen LogP contribution in [0.25, 0.3) is 20.8 Å². The molecule has 1 saturated heterocycles. The van der Waals surface area contributed by atoms with E-state index in [9.17, 15) is 13.2 Å². The zero-order valence-corrected chi connectivity index (χ0v) is 21.0. The fourth-order valence-electron chi connectivity index (χ4n) is 3.92. The first kappa shape index (κ1) is 23.1. The van der Waals surface area contributed by atoms with E-state index in [2.05, 4.69) is 24.4 Å². The highest BCUT2D eigenvalue weighted by Crippen LogP contribution is 2.31. The third kappa shape index (κ3) is 4.91. The number of hydrogen-bond acceptors (Lipinski definition) is 7. The molecule has 0 spiro atoms. The fourth-order valence-corrected chi connectivity index (χ4v) is 7.56. The zero-order valence-electron chi connectivity index (χ0n) is 18.6. The average molecular weight is 513 g/mol. The van der Waals surface area contributed by atoms with Crippen LogP contribution in [0.4, 0.5) is 5.69 Å². The predicted octanol–water partition coefficient (Wildman–Crippen LogP) is 4.28. The standard InChI is InChI=1S/C24H24N4O3S3/c1-17-4-9-20-21(15-17)33-24(26-20)18-5-7-19(8-6-18)25-22(29)16-27-10-12-28(13-11-27)34(30,31)23-3-2-14-32-23/h2-9,14-15H,10-13,16H2,1H3,(H,25,29). The maximum Gasteiger partial charge on any atom is 0.252 e. The number of benzene rings is 2. The van der Waals surface area contributed by atoms with E-state index in [1.54, 1.807) is 28.8 Å². The van der Waals surface area contributed by atoms with Gasteiger partial charge in [-0.15, -0.1) is 22.7 Å². The molecular weight excluding hydrogens is 488 g/mol. The normalized spacial score (nSPS) is 15.6. The zero-order chi connectivity index (χ0) is 23.7. The number of nitrogens with zero attached hydrogens (tertiary/aromatic N) is 3. The Morgan fingerprint density at radius 3 is 2.53 bits per heavy atom. The number of aryl methyl sites for hydroxylation is 1. The van der Waals surface area contributed by atoms with Gasteiger partial charge in [0, 0.05) is 37.4 Å². The van der Waals surface area contributed by atoms with Gasteiger partial charge >= 0.3 is 0 Å². The van der Waals surface area contributed by atoms with Crippen LogP contribution in [0.2, 0.25) is 0 Å². The Labute approximate surface area is 206 Å². The third-order valence-corrected chi connectivity index (χ3v) is 10.1. The minimum absolute atomic E-state index is 0.113. The minimum atomic E-state index is -3.44. The summed E-state index contributed by atoms with van der Waals surface area (Å²) < 4.78 is 28.3. The molecule has 0 atom stereocenters. The number of carbonyl (C=O) groups excluding carboxylic acids is 1. The quantitative estimate of drug-likeness (QED) is 0.417. The van der Waals surface area contributed by atoms with Gasteiger partial charge in [0.05, 0.1) is 16.8 Å². The first-order valence-electron chi connectivity index (χ1n) is 10.9. The summed E-state index contributed by atoms with van der Waals surface area (Å²) in [6.45, 7) is 4.10. The number of hydrogen-bond donors (Lipinski definition) is 1. The van der Waals surface area contributed by atoms with E-state index in [1.807, 2.05) is 35.2 Å². The van der Waals surface area contributed by atoms with Crippen LogP contribution >= 0.6 is 22.7 Å². The van der Waals surface area contributed by atoms with Crippen molar-refractivity contribution in [3.63, 3.8) is 0 Å². The van der Waals surface area contributed by atoms with Gasteiger partial charge in [0.15, 0.2) is 0 Å². The molecule has 1 N–H and O–H groups in total. The highest BCUT2D eigenvalue weighted by Gasteiger charge is 2.29. The van der Waals surface area contributed by atoms with Crippen LogP contribution < -0.4 is 5.32 Å². The molecule has 176 valence electrons. The molecule has 1 fully saturated rings. The number of nitrogens with one attached hydrogen (secondary N) is 1. The van der Waals surface area contributed by atoms with E-state index in [0.29, 0.717) is 30.4 Å². The molecule has 3 heterocycles. The van der Waals surface area contributed by atoms with Gasteiger partial charge < -0.3 is 5.32 Å². The Morgan fingerprint density at radius 1 is 1.06 bits per heavy atom. The summed E-state index contributed by atoms with van der Waals surface area (Å²) in [6, 6.07) is 17.3. The fraction of sp³-hybridized carbons (Fsp3) is 0.250. The van der Waals surface area contributed by atoms with E-state index in [4.69, 9.17) is 4.98 Å². The number of thiazole rings is 1. The lowest BCUT2D eigenvalue weighted by Crippen LogP contribution is -2.50. The van der Waals surface area contributed by atoms with Crippen LogP contribution in [-0.2, 0) is 14.8 Å².